The second-order valence-corrected chi connectivity index (χ2v) is 7.52. The van der Waals surface area contributed by atoms with E-state index in [0.29, 0.717) is 18.0 Å². The lowest BCUT2D eigenvalue weighted by molar-refractivity contribution is 0.122. The molecule has 1 heterocycles. The van der Waals surface area contributed by atoms with Crippen molar-refractivity contribution in [3.63, 3.8) is 0 Å². The molecule has 0 aromatic heterocycles. The summed E-state index contributed by atoms with van der Waals surface area (Å²) < 4.78 is 5.31. The highest BCUT2D eigenvalue weighted by molar-refractivity contribution is 14.0. The number of guanidine groups is 1. The maximum Gasteiger partial charge on any atom is 0.191 e. The first kappa shape index (κ1) is 21.3. The molecule has 3 rings (SSSR count). The molecular weight excluding hydrogens is 439 g/mol. The summed E-state index contributed by atoms with van der Waals surface area (Å²) in [5, 5.41) is 7.08. The number of hydrogen-bond donors (Lipinski definition) is 2. The number of halogens is 1. The van der Waals surface area contributed by atoms with Crippen molar-refractivity contribution in [2.45, 2.75) is 38.3 Å². The highest BCUT2D eigenvalue weighted by atomic mass is 127. The molecule has 2 aliphatic rings. The maximum atomic E-state index is 5.31. The van der Waals surface area contributed by atoms with E-state index in [9.17, 15) is 0 Å². The first-order valence-corrected chi connectivity index (χ1v) is 9.43. The smallest absolute Gasteiger partial charge is 0.191 e. The molecule has 1 aliphatic carbocycles. The molecule has 4 unspecified atom stereocenters. The van der Waals surface area contributed by atoms with Crippen LogP contribution >= 0.6 is 24.0 Å². The zero-order valence-corrected chi connectivity index (χ0v) is 18.7. The van der Waals surface area contributed by atoms with E-state index in [-0.39, 0.29) is 24.0 Å². The zero-order chi connectivity index (χ0) is 17.8. The van der Waals surface area contributed by atoms with E-state index in [0.717, 1.165) is 30.7 Å². The first-order valence-electron chi connectivity index (χ1n) is 9.43. The summed E-state index contributed by atoms with van der Waals surface area (Å²) in [6.45, 7) is 4.38. The van der Waals surface area contributed by atoms with Crippen molar-refractivity contribution < 1.29 is 4.74 Å². The number of nitrogens with one attached hydrogen (secondary N) is 2. The third kappa shape index (κ3) is 5.25. The van der Waals surface area contributed by atoms with Crippen LogP contribution in [0.1, 0.15) is 37.8 Å². The molecule has 26 heavy (non-hydrogen) atoms. The summed E-state index contributed by atoms with van der Waals surface area (Å²) in [6, 6.07) is 9.57. The monoisotopic (exact) mass is 472 g/mol. The van der Waals surface area contributed by atoms with E-state index in [4.69, 9.17) is 4.74 Å². The number of piperidine rings is 1. The molecule has 2 fully saturated rings. The summed E-state index contributed by atoms with van der Waals surface area (Å²) in [5.74, 6) is 3.20. The second kappa shape index (κ2) is 9.78. The van der Waals surface area contributed by atoms with Crippen molar-refractivity contribution in [2.75, 3.05) is 34.3 Å². The van der Waals surface area contributed by atoms with Crippen LogP contribution in [0.2, 0.25) is 0 Å². The van der Waals surface area contributed by atoms with Gasteiger partial charge in [0.15, 0.2) is 5.96 Å². The van der Waals surface area contributed by atoms with Gasteiger partial charge in [-0.2, -0.15) is 0 Å². The van der Waals surface area contributed by atoms with Crippen LogP contribution in [0, 0.1) is 11.8 Å². The Balaban J connectivity index is 0.00000243. The second-order valence-electron chi connectivity index (χ2n) is 7.52. The molecule has 6 heteroatoms. The highest BCUT2D eigenvalue weighted by Crippen LogP contribution is 2.35. The average Bonchev–Trinajstić information content (AvgIpc) is 3.33. The molecule has 5 nitrogen and oxygen atoms in total. The van der Waals surface area contributed by atoms with Gasteiger partial charge in [0.25, 0.3) is 0 Å². The van der Waals surface area contributed by atoms with Gasteiger partial charge in [-0.25, -0.2) is 0 Å². The van der Waals surface area contributed by atoms with Gasteiger partial charge < -0.3 is 15.4 Å². The SMILES string of the molecule is CN=C(NCC1CCCN(C)C1c1ccc(OC)cc1)NC1CC1C.I. The van der Waals surface area contributed by atoms with Crippen LogP contribution in [0.15, 0.2) is 29.3 Å². The number of ether oxygens (including phenoxy) is 1. The van der Waals surface area contributed by atoms with E-state index in [1.54, 1.807) is 7.11 Å². The minimum atomic E-state index is 0. The fraction of sp³-hybridized carbons (Fsp3) is 0.650. The Bertz CT molecular complexity index is 592. The number of aliphatic imine (C=N–C) groups is 1. The zero-order valence-electron chi connectivity index (χ0n) is 16.4. The summed E-state index contributed by atoms with van der Waals surface area (Å²) >= 11 is 0. The van der Waals surface area contributed by atoms with E-state index in [2.05, 4.69) is 58.8 Å². The Hall–Kier alpha value is -1.02. The molecule has 0 amide bonds. The fourth-order valence-electron chi connectivity index (χ4n) is 3.92. The molecule has 0 spiro atoms. The van der Waals surface area contributed by atoms with Crippen molar-refractivity contribution in [1.29, 1.82) is 0 Å². The number of nitrogens with zero attached hydrogens (tertiary/aromatic N) is 2. The van der Waals surface area contributed by atoms with E-state index in [1.807, 2.05) is 7.05 Å². The van der Waals surface area contributed by atoms with Crippen molar-refractivity contribution >= 4 is 29.9 Å². The third-order valence-electron chi connectivity index (χ3n) is 5.65. The van der Waals surface area contributed by atoms with Crippen LogP contribution in [-0.2, 0) is 0 Å². The van der Waals surface area contributed by atoms with Gasteiger partial charge in [0, 0.05) is 25.7 Å². The van der Waals surface area contributed by atoms with Gasteiger partial charge in [-0.3, -0.25) is 9.89 Å². The molecule has 1 aliphatic heterocycles. The summed E-state index contributed by atoms with van der Waals surface area (Å²) in [5.41, 5.74) is 1.37. The van der Waals surface area contributed by atoms with E-state index in [1.165, 1.54) is 24.8 Å². The molecule has 0 bridgehead atoms. The number of hydrogen-bond acceptors (Lipinski definition) is 3. The van der Waals surface area contributed by atoms with Crippen LogP contribution in [0.3, 0.4) is 0 Å². The predicted molar refractivity (Wildman–Crippen MR) is 119 cm³/mol. The number of rotatable bonds is 5. The fourth-order valence-corrected chi connectivity index (χ4v) is 3.92. The third-order valence-corrected chi connectivity index (χ3v) is 5.65. The Morgan fingerprint density at radius 3 is 2.58 bits per heavy atom. The lowest BCUT2D eigenvalue weighted by Gasteiger charge is -2.40. The molecule has 146 valence electrons. The van der Waals surface area contributed by atoms with Gasteiger partial charge in [0.2, 0.25) is 0 Å². The lowest BCUT2D eigenvalue weighted by Crippen LogP contribution is -2.45. The summed E-state index contributed by atoms with van der Waals surface area (Å²) in [7, 11) is 5.81. The first-order chi connectivity index (χ1) is 12.1. The molecular formula is C20H33IN4O. The quantitative estimate of drug-likeness (QED) is 0.393. The normalized spacial score (nSPS) is 28.8. The van der Waals surface area contributed by atoms with Gasteiger partial charge >= 0.3 is 0 Å². The Morgan fingerprint density at radius 1 is 1.31 bits per heavy atom. The molecule has 1 aromatic carbocycles. The van der Waals surface area contributed by atoms with Gasteiger partial charge in [-0.1, -0.05) is 19.1 Å². The Kier molecular flexibility index (Phi) is 8.01. The van der Waals surface area contributed by atoms with Gasteiger partial charge in [0.1, 0.15) is 5.75 Å². The van der Waals surface area contributed by atoms with Crippen molar-refractivity contribution in [3.05, 3.63) is 29.8 Å². The Morgan fingerprint density at radius 2 is 2.00 bits per heavy atom. The van der Waals surface area contributed by atoms with E-state index >= 15 is 0 Å². The van der Waals surface area contributed by atoms with Crippen LogP contribution < -0.4 is 15.4 Å². The molecule has 4 atom stereocenters. The van der Waals surface area contributed by atoms with Crippen LogP contribution in [0.4, 0.5) is 0 Å². The van der Waals surface area contributed by atoms with E-state index < -0.39 is 0 Å². The molecule has 1 saturated carbocycles. The molecule has 0 radical (unpaired) electrons. The van der Waals surface area contributed by atoms with Gasteiger partial charge in [-0.05, 0) is 62.4 Å². The highest BCUT2D eigenvalue weighted by Gasteiger charge is 2.34. The number of methoxy groups -OCH3 is 1. The Labute approximate surface area is 175 Å². The van der Waals surface area contributed by atoms with Crippen molar-refractivity contribution in [2.24, 2.45) is 16.8 Å². The minimum absolute atomic E-state index is 0. The lowest BCUT2D eigenvalue weighted by atomic mass is 9.85. The van der Waals surface area contributed by atoms with Gasteiger partial charge in [0.05, 0.1) is 7.11 Å². The molecule has 2 N–H and O–H groups in total. The molecule has 1 saturated heterocycles. The van der Waals surface area contributed by atoms with Crippen LogP contribution in [-0.4, -0.2) is 51.2 Å². The summed E-state index contributed by atoms with van der Waals surface area (Å²) in [6.07, 6.45) is 3.74. The van der Waals surface area contributed by atoms with Crippen molar-refractivity contribution in [1.82, 2.24) is 15.5 Å². The van der Waals surface area contributed by atoms with Crippen LogP contribution in [0.5, 0.6) is 5.75 Å². The van der Waals surface area contributed by atoms with Gasteiger partial charge in [-0.15, -0.1) is 24.0 Å². The number of benzene rings is 1. The number of likely N-dealkylation sites (tertiary alicyclic amines) is 1. The molecule has 1 aromatic rings. The maximum absolute atomic E-state index is 5.31. The summed E-state index contributed by atoms with van der Waals surface area (Å²) in [4.78, 5) is 6.87. The van der Waals surface area contributed by atoms with Crippen molar-refractivity contribution in [3.8, 4) is 5.75 Å². The minimum Gasteiger partial charge on any atom is -0.497 e. The average molecular weight is 472 g/mol. The largest absolute Gasteiger partial charge is 0.497 e. The standard InChI is InChI=1S/C20H32N4O.HI/c1-14-12-18(14)23-20(21-2)22-13-16-6-5-11-24(3)19(16)15-7-9-17(25-4)10-8-15;/h7-10,14,16,18-19H,5-6,11-13H2,1-4H3,(H2,21,22,23);1H. The predicted octanol–water partition coefficient (Wildman–Crippen LogP) is 3.27. The topological polar surface area (TPSA) is 48.9 Å². The van der Waals surface area contributed by atoms with Crippen LogP contribution in [0.25, 0.3) is 0 Å².